The Morgan fingerprint density at radius 2 is 2.11 bits per heavy atom. The van der Waals surface area contributed by atoms with Crippen molar-refractivity contribution < 1.29 is 23.9 Å². The molecule has 0 radical (unpaired) electrons. The largest absolute Gasteiger partial charge is 0.497 e. The zero-order valence-corrected chi connectivity index (χ0v) is 16.2. The van der Waals surface area contributed by atoms with E-state index < -0.39 is 6.04 Å². The van der Waals surface area contributed by atoms with Crippen LogP contribution >= 0.6 is 11.3 Å². The van der Waals surface area contributed by atoms with Crippen LogP contribution in [-0.4, -0.2) is 43.0 Å². The van der Waals surface area contributed by atoms with Crippen LogP contribution in [0.15, 0.2) is 23.6 Å². The van der Waals surface area contributed by atoms with Gasteiger partial charge in [0.2, 0.25) is 17.7 Å². The number of carbonyl (C=O) groups is 3. The van der Waals surface area contributed by atoms with Gasteiger partial charge in [-0.05, 0) is 18.6 Å². The Morgan fingerprint density at radius 3 is 2.79 bits per heavy atom. The van der Waals surface area contributed by atoms with Crippen molar-refractivity contribution in [3.8, 4) is 11.5 Å². The number of nitrogens with one attached hydrogen (secondary N) is 3. The van der Waals surface area contributed by atoms with E-state index in [9.17, 15) is 14.4 Å². The number of rotatable bonds is 7. The molecule has 3 N–H and O–H groups in total. The van der Waals surface area contributed by atoms with Crippen molar-refractivity contribution in [1.29, 1.82) is 0 Å². The number of methoxy groups -OCH3 is 2. The van der Waals surface area contributed by atoms with Crippen LogP contribution in [0.3, 0.4) is 0 Å². The molecular weight excluding hydrogens is 384 g/mol. The number of hydrogen-bond donors (Lipinski definition) is 3. The van der Waals surface area contributed by atoms with E-state index in [4.69, 9.17) is 9.47 Å². The lowest BCUT2D eigenvalue weighted by Crippen LogP contribution is -2.37. The van der Waals surface area contributed by atoms with Crippen LogP contribution < -0.4 is 25.4 Å². The highest BCUT2D eigenvalue weighted by atomic mass is 32.1. The third-order valence-electron chi connectivity index (χ3n) is 4.12. The van der Waals surface area contributed by atoms with Gasteiger partial charge >= 0.3 is 0 Å². The molecule has 0 aliphatic carbocycles. The molecule has 3 amide bonds. The number of benzene rings is 1. The number of aromatic nitrogens is 1. The van der Waals surface area contributed by atoms with Gasteiger partial charge in [-0.1, -0.05) is 0 Å². The van der Waals surface area contributed by atoms with Crippen LogP contribution in [0, 0.1) is 0 Å². The van der Waals surface area contributed by atoms with E-state index in [0.717, 1.165) is 0 Å². The summed E-state index contributed by atoms with van der Waals surface area (Å²) in [5, 5.41) is 10.1. The van der Waals surface area contributed by atoms with Crippen molar-refractivity contribution in [3.63, 3.8) is 0 Å². The molecular formula is C18H20N4O5S. The quantitative estimate of drug-likeness (QED) is 0.644. The average molecular weight is 404 g/mol. The molecule has 1 aliphatic rings. The lowest BCUT2D eigenvalue weighted by Gasteiger charge is -2.11. The van der Waals surface area contributed by atoms with Crippen molar-refractivity contribution in [1.82, 2.24) is 10.3 Å². The summed E-state index contributed by atoms with van der Waals surface area (Å²) in [4.78, 5) is 39.9. The summed E-state index contributed by atoms with van der Waals surface area (Å²) in [6.07, 6.45) is 0.854. The Bertz CT molecular complexity index is 898. The summed E-state index contributed by atoms with van der Waals surface area (Å²) in [6.45, 7) is 0. The van der Waals surface area contributed by atoms with E-state index in [1.54, 1.807) is 30.7 Å². The van der Waals surface area contributed by atoms with E-state index >= 15 is 0 Å². The molecule has 10 heteroatoms. The van der Waals surface area contributed by atoms with E-state index in [2.05, 4.69) is 20.9 Å². The van der Waals surface area contributed by atoms with Gasteiger partial charge in [0.05, 0.1) is 32.0 Å². The second-order valence-electron chi connectivity index (χ2n) is 6.08. The average Bonchev–Trinajstić information content (AvgIpc) is 3.30. The molecule has 0 saturated carbocycles. The highest BCUT2D eigenvalue weighted by Gasteiger charge is 2.27. The minimum atomic E-state index is -0.536. The minimum absolute atomic E-state index is 0.0434. The predicted molar refractivity (Wildman–Crippen MR) is 104 cm³/mol. The normalized spacial score (nSPS) is 15.6. The van der Waals surface area contributed by atoms with Gasteiger partial charge in [-0.15, -0.1) is 11.3 Å². The Hall–Kier alpha value is -3.14. The second kappa shape index (κ2) is 8.70. The molecule has 1 atom stereocenters. The fourth-order valence-electron chi connectivity index (χ4n) is 2.71. The molecule has 1 aliphatic heterocycles. The molecule has 1 saturated heterocycles. The number of hydrogen-bond acceptors (Lipinski definition) is 7. The van der Waals surface area contributed by atoms with Gasteiger partial charge in [0.1, 0.15) is 17.5 Å². The number of carbonyl (C=O) groups excluding carboxylic acids is 3. The van der Waals surface area contributed by atoms with Crippen LogP contribution in [0.2, 0.25) is 0 Å². The fraction of sp³-hybridized carbons (Fsp3) is 0.333. The maximum absolute atomic E-state index is 12.3. The molecule has 1 unspecified atom stereocenters. The van der Waals surface area contributed by atoms with Crippen LogP contribution in [-0.2, 0) is 20.8 Å². The first kappa shape index (κ1) is 19.6. The smallest absolute Gasteiger partial charge is 0.248 e. The standard InChI is InChI=1S/C18H20N4O5S/c1-26-11-3-4-12(14(8-11)27-2)20-16(24)7-10-9-28-18(19-10)22-17(25)13-5-6-15(23)21-13/h3-4,8-9,13H,5-7H2,1-2H3,(H,20,24)(H,21,23)(H,19,22,25). The Morgan fingerprint density at radius 1 is 1.29 bits per heavy atom. The molecule has 1 fully saturated rings. The first-order valence-electron chi connectivity index (χ1n) is 8.55. The minimum Gasteiger partial charge on any atom is -0.497 e. The molecule has 1 aromatic heterocycles. The molecule has 9 nitrogen and oxygen atoms in total. The van der Waals surface area contributed by atoms with Gasteiger partial charge in [0.15, 0.2) is 5.13 Å². The van der Waals surface area contributed by atoms with Crippen LogP contribution in [0.4, 0.5) is 10.8 Å². The lowest BCUT2D eigenvalue weighted by molar-refractivity contribution is -0.122. The summed E-state index contributed by atoms with van der Waals surface area (Å²) >= 11 is 1.22. The van der Waals surface area contributed by atoms with Crippen molar-refractivity contribution >= 4 is 39.9 Å². The maximum atomic E-state index is 12.3. The lowest BCUT2D eigenvalue weighted by atomic mass is 10.2. The summed E-state index contributed by atoms with van der Waals surface area (Å²) in [7, 11) is 3.05. The first-order valence-corrected chi connectivity index (χ1v) is 9.43. The van der Waals surface area contributed by atoms with E-state index in [1.165, 1.54) is 18.4 Å². The van der Waals surface area contributed by atoms with Crippen molar-refractivity contribution in [3.05, 3.63) is 29.3 Å². The topological polar surface area (TPSA) is 119 Å². The van der Waals surface area contributed by atoms with Crippen LogP contribution in [0.5, 0.6) is 11.5 Å². The van der Waals surface area contributed by atoms with Gasteiger partial charge in [-0.25, -0.2) is 4.98 Å². The summed E-state index contributed by atoms with van der Waals surface area (Å²) in [5.41, 5.74) is 1.05. The number of anilines is 2. The number of ether oxygens (including phenoxy) is 2. The van der Waals surface area contributed by atoms with E-state index in [1.807, 2.05) is 0 Å². The molecule has 0 spiro atoms. The number of nitrogens with zero attached hydrogens (tertiary/aromatic N) is 1. The maximum Gasteiger partial charge on any atom is 0.248 e. The van der Waals surface area contributed by atoms with Crippen LogP contribution in [0.1, 0.15) is 18.5 Å². The third kappa shape index (κ3) is 4.77. The van der Waals surface area contributed by atoms with E-state index in [-0.39, 0.29) is 24.1 Å². The van der Waals surface area contributed by atoms with Crippen molar-refractivity contribution in [2.45, 2.75) is 25.3 Å². The molecule has 28 heavy (non-hydrogen) atoms. The highest BCUT2D eigenvalue weighted by Crippen LogP contribution is 2.29. The van der Waals surface area contributed by atoms with Gasteiger partial charge in [-0.2, -0.15) is 0 Å². The molecule has 2 heterocycles. The van der Waals surface area contributed by atoms with E-state index in [0.29, 0.717) is 40.9 Å². The summed E-state index contributed by atoms with van der Waals surface area (Å²) in [6, 6.07) is 4.55. The zero-order chi connectivity index (χ0) is 20.1. The van der Waals surface area contributed by atoms with Gasteiger partial charge in [0.25, 0.3) is 0 Å². The second-order valence-corrected chi connectivity index (χ2v) is 6.94. The Labute approximate surface area is 165 Å². The first-order chi connectivity index (χ1) is 13.5. The third-order valence-corrected chi connectivity index (χ3v) is 4.92. The van der Waals surface area contributed by atoms with Crippen LogP contribution in [0.25, 0.3) is 0 Å². The molecule has 3 rings (SSSR count). The molecule has 1 aromatic carbocycles. The highest BCUT2D eigenvalue weighted by molar-refractivity contribution is 7.13. The Balaban J connectivity index is 1.57. The number of thiazole rings is 1. The number of amides is 3. The summed E-state index contributed by atoms with van der Waals surface area (Å²) in [5.74, 6) is 0.394. The van der Waals surface area contributed by atoms with Gasteiger partial charge < -0.3 is 25.4 Å². The van der Waals surface area contributed by atoms with Crippen molar-refractivity contribution in [2.75, 3.05) is 24.9 Å². The molecule has 2 aromatic rings. The zero-order valence-electron chi connectivity index (χ0n) is 15.4. The molecule has 148 valence electrons. The Kier molecular flexibility index (Phi) is 6.09. The van der Waals surface area contributed by atoms with Crippen molar-refractivity contribution in [2.24, 2.45) is 0 Å². The van der Waals surface area contributed by atoms with Gasteiger partial charge in [0, 0.05) is 17.9 Å². The predicted octanol–water partition coefficient (Wildman–Crippen LogP) is 1.56. The fourth-order valence-corrected chi connectivity index (χ4v) is 3.42. The molecule has 0 bridgehead atoms. The summed E-state index contributed by atoms with van der Waals surface area (Å²) < 4.78 is 10.4. The monoisotopic (exact) mass is 404 g/mol. The SMILES string of the molecule is COc1ccc(NC(=O)Cc2csc(NC(=O)C3CCC(=O)N3)n2)c(OC)c1. The van der Waals surface area contributed by atoms with Gasteiger partial charge in [-0.3, -0.25) is 14.4 Å².